The maximum absolute atomic E-state index is 5.38. The number of methoxy groups -OCH3 is 3. The zero-order valence-corrected chi connectivity index (χ0v) is 11.4. The highest BCUT2D eigenvalue weighted by Crippen LogP contribution is 2.39. The summed E-state index contributed by atoms with van der Waals surface area (Å²) in [5.41, 5.74) is 0.986. The molecule has 0 radical (unpaired) electrons. The van der Waals surface area contributed by atoms with Crippen molar-refractivity contribution in [3.05, 3.63) is 12.1 Å². The second-order valence-electron chi connectivity index (χ2n) is 4.08. The van der Waals surface area contributed by atoms with E-state index in [9.17, 15) is 0 Å². The van der Waals surface area contributed by atoms with E-state index < -0.39 is 0 Å². The molecule has 0 unspecified atom stereocenters. The zero-order chi connectivity index (χ0) is 13.0. The first-order valence-electron chi connectivity index (χ1n) is 5.58. The van der Waals surface area contributed by atoms with Gasteiger partial charge in [0.2, 0.25) is 0 Å². The van der Waals surface area contributed by atoms with Crippen molar-refractivity contribution in [1.29, 1.82) is 0 Å². The average molecular weight is 239 g/mol. The van der Waals surface area contributed by atoms with E-state index in [0.29, 0.717) is 17.5 Å². The average Bonchev–Trinajstić information content (AvgIpc) is 2.35. The maximum Gasteiger partial charge on any atom is 0.164 e. The van der Waals surface area contributed by atoms with Gasteiger partial charge in [0.15, 0.2) is 11.5 Å². The molecule has 0 N–H and O–H groups in total. The highest BCUT2D eigenvalue weighted by molar-refractivity contribution is 5.66. The lowest BCUT2D eigenvalue weighted by Gasteiger charge is -2.26. The Morgan fingerprint density at radius 3 is 1.76 bits per heavy atom. The number of anilines is 1. The number of nitrogens with zero attached hydrogens (tertiary/aromatic N) is 1. The molecule has 0 aromatic heterocycles. The largest absolute Gasteiger partial charge is 0.494 e. The lowest BCUT2D eigenvalue weighted by molar-refractivity contribution is 0.349. The highest BCUT2D eigenvalue weighted by atomic mass is 16.5. The number of rotatable bonds is 5. The van der Waals surface area contributed by atoms with Crippen LogP contribution in [-0.2, 0) is 0 Å². The van der Waals surface area contributed by atoms with Crippen LogP contribution < -0.4 is 19.1 Å². The third-order valence-electron chi connectivity index (χ3n) is 2.84. The van der Waals surface area contributed by atoms with Crippen LogP contribution in [0.3, 0.4) is 0 Å². The van der Waals surface area contributed by atoms with Crippen molar-refractivity contribution in [2.24, 2.45) is 0 Å². The normalized spacial score (nSPS) is 10.3. The minimum atomic E-state index is 0.377. The molecular formula is C13H21NO3. The van der Waals surface area contributed by atoms with Crippen LogP contribution in [-0.4, -0.2) is 34.4 Å². The van der Waals surface area contributed by atoms with Gasteiger partial charge in [-0.1, -0.05) is 0 Å². The molecule has 96 valence electrons. The molecule has 0 bridgehead atoms. The van der Waals surface area contributed by atoms with Crippen LogP contribution in [0.1, 0.15) is 13.8 Å². The Hall–Kier alpha value is -1.58. The molecule has 0 saturated heterocycles. The van der Waals surface area contributed by atoms with Gasteiger partial charge in [-0.25, -0.2) is 0 Å². The van der Waals surface area contributed by atoms with E-state index >= 15 is 0 Å². The van der Waals surface area contributed by atoms with Gasteiger partial charge in [-0.2, -0.15) is 0 Å². The quantitative estimate of drug-likeness (QED) is 0.790. The predicted molar refractivity (Wildman–Crippen MR) is 69.6 cm³/mol. The van der Waals surface area contributed by atoms with Gasteiger partial charge in [0.05, 0.1) is 27.0 Å². The minimum Gasteiger partial charge on any atom is -0.494 e. The standard InChI is InChI=1S/C13H21NO3/c1-9(2)14(3)10-7-12(16-5)13(17-6)8-11(10)15-4/h7-9H,1-6H3. The third-order valence-corrected chi connectivity index (χ3v) is 2.84. The molecule has 0 aliphatic heterocycles. The number of ether oxygens (including phenoxy) is 3. The van der Waals surface area contributed by atoms with E-state index in [1.807, 2.05) is 19.2 Å². The zero-order valence-electron chi connectivity index (χ0n) is 11.4. The van der Waals surface area contributed by atoms with Crippen LogP contribution in [0.5, 0.6) is 17.2 Å². The molecular weight excluding hydrogens is 218 g/mol. The van der Waals surface area contributed by atoms with E-state index in [-0.39, 0.29) is 0 Å². The second-order valence-corrected chi connectivity index (χ2v) is 4.08. The first-order valence-corrected chi connectivity index (χ1v) is 5.58. The maximum atomic E-state index is 5.38. The Morgan fingerprint density at radius 1 is 0.882 bits per heavy atom. The summed E-state index contributed by atoms with van der Waals surface area (Å²) in [6, 6.07) is 4.15. The van der Waals surface area contributed by atoms with Crippen molar-refractivity contribution < 1.29 is 14.2 Å². The molecule has 0 heterocycles. The Kier molecular flexibility index (Phi) is 4.49. The topological polar surface area (TPSA) is 30.9 Å². The van der Waals surface area contributed by atoms with Gasteiger partial charge in [0, 0.05) is 25.2 Å². The Morgan fingerprint density at radius 2 is 1.35 bits per heavy atom. The minimum absolute atomic E-state index is 0.377. The summed E-state index contributed by atoms with van der Waals surface area (Å²) in [4.78, 5) is 2.13. The van der Waals surface area contributed by atoms with Crippen molar-refractivity contribution in [2.45, 2.75) is 19.9 Å². The summed E-state index contributed by atoms with van der Waals surface area (Å²) in [5, 5.41) is 0. The van der Waals surface area contributed by atoms with Crippen molar-refractivity contribution in [2.75, 3.05) is 33.3 Å². The van der Waals surface area contributed by atoms with Crippen LogP contribution in [0.25, 0.3) is 0 Å². The van der Waals surface area contributed by atoms with E-state index in [1.165, 1.54) is 0 Å². The molecule has 0 spiro atoms. The van der Waals surface area contributed by atoms with Crippen LogP contribution in [0.15, 0.2) is 12.1 Å². The lowest BCUT2D eigenvalue weighted by Crippen LogP contribution is -2.26. The third kappa shape index (κ3) is 2.75. The molecule has 0 amide bonds. The number of benzene rings is 1. The van der Waals surface area contributed by atoms with E-state index in [2.05, 4.69) is 18.7 Å². The molecule has 4 nitrogen and oxygen atoms in total. The van der Waals surface area contributed by atoms with Crippen molar-refractivity contribution in [3.63, 3.8) is 0 Å². The molecule has 1 rings (SSSR count). The summed E-state index contributed by atoms with van der Waals surface area (Å²) in [7, 11) is 6.92. The summed E-state index contributed by atoms with van der Waals surface area (Å²) < 4.78 is 15.9. The monoisotopic (exact) mass is 239 g/mol. The SMILES string of the molecule is COc1cc(OC)c(N(C)C(C)C)cc1OC. The first kappa shape index (κ1) is 13.5. The molecule has 4 heteroatoms. The summed E-state index contributed by atoms with van der Waals surface area (Å²) in [6.07, 6.45) is 0. The molecule has 0 atom stereocenters. The molecule has 0 fully saturated rings. The molecule has 1 aromatic carbocycles. The van der Waals surface area contributed by atoms with Gasteiger partial charge in [0.1, 0.15) is 5.75 Å². The lowest BCUT2D eigenvalue weighted by atomic mass is 10.2. The summed E-state index contributed by atoms with van der Waals surface area (Å²) in [5.74, 6) is 2.15. The number of hydrogen-bond donors (Lipinski definition) is 0. The van der Waals surface area contributed by atoms with Crippen LogP contribution in [0, 0.1) is 0 Å². The van der Waals surface area contributed by atoms with Crippen LogP contribution >= 0.6 is 0 Å². The van der Waals surface area contributed by atoms with Gasteiger partial charge in [-0.15, -0.1) is 0 Å². The molecule has 0 saturated carbocycles. The van der Waals surface area contributed by atoms with Gasteiger partial charge >= 0.3 is 0 Å². The van der Waals surface area contributed by atoms with Crippen molar-refractivity contribution in [1.82, 2.24) is 0 Å². The Balaban J connectivity index is 3.28. The molecule has 1 aromatic rings. The molecule has 17 heavy (non-hydrogen) atoms. The Labute approximate surface area is 103 Å². The van der Waals surface area contributed by atoms with Gasteiger partial charge in [-0.3, -0.25) is 0 Å². The second kappa shape index (κ2) is 5.66. The first-order chi connectivity index (χ1) is 8.04. The van der Waals surface area contributed by atoms with Crippen LogP contribution in [0.4, 0.5) is 5.69 Å². The van der Waals surface area contributed by atoms with E-state index in [4.69, 9.17) is 14.2 Å². The van der Waals surface area contributed by atoms with Gasteiger partial charge < -0.3 is 19.1 Å². The Bertz CT molecular complexity index is 377. The fourth-order valence-corrected chi connectivity index (χ4v) is 1.57. The summed E-state index contributed by atoms with van der Waals surface area (Å²) in [6.45, 7) is 4.24. The predicted octanol–water partition coefficient (Wildman–Crippen LogP) is 2.56. The smallest absolute Gasteiger partial charge is 0.164 e. The number of hydrogen-bond acceptors (Lipinski definition) is 4. The molecule has 0 aliphatic carbocycles. The fraction of sp³-hybridized carbons (Fsp3) is 0.538. The van der Waals surface area contributed by atoms with E-state index in [1.54, 1.807) is 21.3 Å². The van der Waals surface area contributed by atoms with Gasteiger partial charge in [0.25, 0.3) is 0 Å². The summed E-state index contributed by atoms with van der Waals surface area (Å²) >= 11 is 0. The molecule has 0 aliphatic rings. The van der Waals surface area contributed by atoms with Crippen molar-refractivity contribution >= 4 is 5.69 Å². The van der Waals surface area contributed by atoms with Crippen LogP contribution in [0.2, 0.25) is 0 Å². The highest BCUT2D eigenvalue weighted by Gasteiger charge is 2.16. The van der Waals surface area contributed by atoms with E-state index in [0.717, 1.165) is 11.4 Å². The fourth-order valence-electron chi connectivity index (χ4n) is 1.57. The van der Waals surface area contributed by atoms with Gasteiger partial charge in [-0.05, 0) is 13.8 Å². The van der Waals surface area contributed by atoms with Crippen molar-refractivity contribution in [3.8, 4) is 17.2 Å².